The molecule has 0 nitrogen and oxygen atoms in total. The summed E-state index contributed by atoms with van der Waals surface area (Å²) in [7, 11) is 0. The lowest BCUT2D eigenvalue weighted by atomic mass is 9.99. The Bertz CT molecular complexity index is 593. The molecule has 0 aliphatic heterocycles. The van der Waals surface area contributed by atoms with Gasteiger partial charge in [0.25, 0.3) is 0 Å². The Balaban J connectivity index is 2.27. The summed E-state index contributed by atoms with van der Waals surface area (Å²) in [5, 5.41) is 0.767. The van der Waals surface area contributed by atoms with E-state index in [1.807, 2.05) is 18.2 Å². The van der Waals surface area contributed by atoms with Gasteiger partial charge in [0.1, 0.15) is 0 Å². The molecule has 0 saturated carbocycles. The van der Waals surface area contributed by atoms with Crippen molar-refractivity contribution < 1.29 is 0 Å². The summed E-state index contributed by atoms with van der Waals surface area (Å²) < 4.78 is 1.09. The Morgan fingerprint density at radius 1 is 1.11 bits per heavy atom. The first-order chi connectivity index (χ1) is 8.97. The maximum absolute atomic E-state index is 6.08. The zero-order valence-corrected chi connectivity index (χ0v) is 14.8. The second-order valence-electron chi connectivity index (χ2n) is 4.77. The number of alkyl halides is 1. The van der Waals surface area contributed by atoms with Crippen molar-refractivity contribution in [2.75, 3.05) is 0 Å². The standard InChI is InChI=1S/C16H15Br2Cl/c1-10-3-4-11(2)12(7-10)8-16(18)14-9-13(19)5-6-15(14)17/h3-7,9,16H,8H2,1-2H3. The summed E-state index contributed by atoms with van der Waals surface area (Å²) in [5.41, 5.74) is 5.18. The van der Waals surface area contributed by atoms with Gasteiger partial charge < -0.3 is 0 Å². The summed E-state index contributed by atoms with van der Waals surface area (Å²) in [6, 6.07) is 12.5. The van der Waals surface area contributed by atoms with Crippen molar-refractivity contribution in [3.8, 4) is 0 Å². The van der Waals surface area contributed by atoms with Gasteiger partial charge in [0.15, 0.2) is 0 Å². The minimum Gasteiger partial charge on any atom is -0.0843 e. The molecule has 3 heteroatoms. The quantitative estimate of drug-likeness (QED) is 0.521. The highest BCUT2D eigenvalue weighted by atomic mass is 79.9. The molecule has 0 aromatic heterocycles. The van der Waals surface area contributed by atoms with Crippen LogP contribution in [-0.2, 0) is 6.42 Å². The topological polar surface area (TPSA) is 0 Å². The summed E-state index contributed by atoms with van der Waals surface area (Å²) in [5.74, 6) is 0. The molecule has 2 rings (SSSR count). The first kappa shape index (κ1) is 15.1. The molecule has 100 valence electrons. The third-order valence-electron chi connectivity index (χ3n) is 3.20. The highest BCUT2D eigenvalue weighted by Gasteiger charge is 2.13. The second-order valence-corrected chi connectivity index (χ2v) is 7.16. The van der Waals surface area contributed by atoms with Gasteiger partial charge in [0, 0.05) is 14.3 Å². The normalized spacial score (nSPS) is 12.5. The van der Waals surface area contributed by atoms with E-state index in [-0.39, 0.29) is 4.83 Å². The molecule has 0 N–H and O–H groups in total. The number of hydrogen-bond acceptors (Lipinski definition) is 0. The molecule has 1 atom stereocenters. The Morgan fingerprint density at radius 3 is 2.58 bits per heavy atom. The fraction of sp³-hybridized carbons (Fsp3) is 0.250. The largest absolute Gasteiger partial charge is 0.0843 e. The van der Waals surface area contributed by atoms with E-state index in [4.69, 9.17) is 11.6 Å². The van der Waals surface area contributed by atoms with Gasteiger partial charge in [-0.2, -0.15) is 0 Å². The molecular formula is C16H15Br2Cl. The Morgan fingerprint density at radius 2 is 1.84 bits per heavy atom. The molecule has 0 heterocycles. The van der Waals surface area contributed by atoms with Gasteiger partial charge in [-0.25, -0.2) is 0 Å². The molecule has 2 aromatic rings. The van der Waals surface area contributed by atoms with E-state index in [1.54, 1.807) is 0 Å². The maximum atomic E-state index is 6.08. The van der Waals surface area contributed by atoms with Crippen LogP contribution in [0, 0.1) is 13.8 Å². The fourth-order valence-electron chi connectivity index (χ4n) is 2.08. The molecule has 0 amide bonds. The van der Waals surface area contributed by atoms with Crippen molar-refractivity contribution in [3.63, 3.8) is 0 Å². The van der Waals surface area contributed by atoms with E-state index in [9.17, 15) is 0 Å². The zero-order valence-electron chi connectivity index (χ0n) is 10.9. The second kappa shape index (κ2) is 6.43. The summed E-state index contributed by atoms with van der Waals surface area (Å²) in [6.07, 6.45) is 0.951. The molecule has 1 unspecified atom stereocenters. The smallest absolute Gasteiger partial charge is 0.0447 e. The number of rotatable bonds is 3. The van der Waals surface area contributed by atoms with Crippen LogP contribution in [0.5, 0.6) is 0 Å². The Kier molecular flexibility index (Phi) is 5.10. The molecule has 0 bridgehead atoms. The minimum absolute atomic E-state index is 0.251. The van der Waals surface area contributed by atoms with E-state index < -0.39 is 0 Å². The van der Waals surface area contributed by atoms with Gasteiger partial charge in [-0.05, 0) is 55.2 Å². The molecule has 0 radical (unpaired) electrons. The van der Waals surface area contributed by atoms with E-state index in [2.05, 4.69) is 63.9 Å². The average Bonchev–Trinajstić information content (AvgIpc) is 2.36. The van der Waals surface area contributed by atoms with Crippen LogP contribution in [0.25, 0.3) is 0 Å². The minimum atomic E-state index is 0.251. The van der Waals surface area contributed by atoms with Crippen LogP contribution in [0.2, 0.25) is 5.02 Å². The predicted molar refractivity (Wildman–Crippen MR) is 90.4 cm³/mol. The van der Waals surface area contributed by atoms with Crippen LogP contribution in [0.3, 0.4) is 0 Å². The lowest BCUT2D eigenvalue weighted by Crippen LogP contribution is -1.99. The van der Waals surface area contributed by atoms with Gasteiger partial charge in [0.2, 0.25) is 0 Å². The highest BCUT2D eigenvalue weighted by molar-refractivity contribution is 9.11. The van der Waals surface area contributed by atoms with Crippen molar-refractivity contribution in [3.05, 3.63) is 68.1 Å². The number of aryl methyl sites for hydroxylation is 2. The molecule has 2 aromatic carbocycles. The third kappa shape index (κ3) is 3.84. The SMILES string of the molecule is Cc1ccc(C)c(CC(Br)c2cc(Cl)ccc2Br)c1. The van der Waals surface area contributed by atoms with Crippen molar-refractivity contribution in [2.45, 2.75) is 25.1 Å². The maximum Gasteiger partial charge on any atom is 0.0447 e. The van der Waals surface area contributed by atoms with Gasteiger partial charge in [0.05, 0.1) is 0 Å². The van der Waals surface area contributed by atoms with E-state index >= 15 is 0 Å². The van der Waals surface area contributed by atoms with Crippen molar-refractivity contribution >= 4 is 43.5 Å². The van der Waals surface area contributed by atoms with Crippen LogP contribution in [0.1, 0.15) is 27.1 Å². The predicted octanol–water partition coefficient (Wildman–Crippen LogP) is 6.40. The summed E-state index contributed by atoms with van der Waals surface area (Å²) >= 11 is 13.4. The average molecular weight is 403 g/mol. The molecule has 0 saturated heterocycles. The van der Waals surface area contributed by atoms with Gasteiger partial charge in [-0.3, -0.25) is 0 Å². The molecular weight excluding hydrogens is 387 g/mol. The summed E-state index contributed by atoms with van der Waals surface area (Å²) in [6.45, 7) is 4.28. The van der Waals surface area contributed by atoms with Gasteiger partial charge in [-0.15, -0.1) is 0 Å². The molecule has 0 aliphatic carbocycles. The molecule has 19 heavy (non-hydrogen) atoms. The Hall–Kier alpha value is -0.310. The van der Waals surface area contributed by atoms with Crippen LogP contribution in [0.4, 0.5) is 0 Å². The van der Waals surface area contributed by atoms with Crippen LogP contribution < -0.4 is 0 Å². The van der Waals surface area contributed by atoms with Crippen molar-refractivity contribution in [1.29, 1.82) is 0 Å². The molecule has 0 fully saturated rings. The van der Waals surface area contributed by atoms with E-state index in [0.29, 0.717) is 0 Å². The van der Waals surface area contributed by atoms with E-state index in [1.165, 1.54) is 22.3 Å². The molecule has 0 aliphatic rings. The first-order valence-electron chi connectivity index (χ1n) is 6.12. The van der Waals surface area contributed by atoms with Crippen LogP contribution in [0.15, 0.2) is 40.9 Å². The lowest BCUT2D eigenvalue weighted by molar-refractivity contribution is 0.931. The highest BCUT2D eigenvalue weighted by Crippen LogP contribution is 2.35. The van der Waals surface area contributed by atoms with Crippen molar-refractivity contribution in [2.24, 2.45) is 0 Å². The molecule has 0 spiro atoms. The van der Waals surface area contributed by atoms with Gasteiger partial charge in [-0.1, -0.05) is 67.2 Å². The third-order valence-corrected chi connectivity index (χ3v) is 4.97. The van der Waals surface area contributed by atoms with Gasteiger partial charge >= 0.3 is 0 Å². The summed E-state index contributed by atoms with van der Waals surface area (Å²) in [4.78, 5) is 0.251. The van der Waals surface area contributed by atoms with Crippen LogP contribution >= 0.6 is 43.5 Å². The van der Waals surface area contributed by atoms with E-state index in [0.717, 1.165) is 15.9 Å². The van der Waals surface area contributed by atoms with Crippen LogP contribution in [-0.4, -0.2) is 0 Å². The number of hydrogen-bond donors (Lipinski definition) is 0. The fourth-order valence-corrected chi connectivity index (χ4v) is 3.82. The Labute approximate surface area is 136 Å². The number of halogens is 3. The lowest BCUT2D eigenvalue weighted by Gasteiger charge is -2.15. The first-order valence-corrected chi connectivity index (χ1v) is 8.21. The zero-order chi connectivity index (χ0) is 14.0. The monoisotopic (exact) mass is 400 g/mol. The van der Waals surface area contributed by atoms with Crippen molar-refractivity contribution in [1.82, 2.24) is 0 Å². The number of benzene rings is 2.